The summed E-state index contributed by atoms with van der Waals surface area (Å²) in [6, 6.07) is 37.4. The highest BCUT2D eigenvalue weighted by Crippen LogP contribution is 2.31. The Morgan fingerprint density at radius 3 is 1.59 bits per heavy atom. The van der Waals surface area contributed by atoms with Gasteiger partial charge in [0.2, 0.25) is 5.91 Å². The van der Waals surface area contributed by atoms with Crippen LogP contribution in [0, 0.1) is 5.92 Å². The molecule has 0 saturated heterocycles. The molecule has 4 aromatic rings. The van der Waals surface area contributed by atoms with Crippen molar-refractivity contribution < 1.29 is 29.4 Å². The Balaban J connectivity index is 1.50. The zero-order valence-electron chi connectivity index (χ0n) is 30.9. The average molecular weight is 735 g/mol. The highest BCUT2D eigenvalue weighted by molar-refractivity contribution is 5.94. The minimum Gasteiger partial charge on any atom is -0.465 e. The van der Waals surface area contributed by atoms with Gasteiger partial charge in [0.1, 0.15) is 11.9 Å². The molecule has 4 rings (SSSR count). The number of benzene rings is 4. The van der Waals surface area contributed by atoms with Crippen LogP contribution < -0.4 is 21.3 Å². The molecule has 54 heavy (non-hydrogen) atoms. The first-order valence-electron chi connectivity index (χ1n) is 18.9. The van der Waals surface area contributed by atoms with Gasteiger partial charge in [-0.3, -0.25) is 15.4 Å². The molecule has 0 saturated carbocycles. The van der Waals surface area contributed by atoms with Crippen molar-refractivity contribution in [3.05, 3.63) is 144 Å². The summed E-state index contributed by atoms with van der Waals surface area (Å²) >= 11 is 0. The first-order chi connectivity index (χ1) is 26.3. The van der Waals surface area contributed by atoms with E-state index in [4.69, 9.17) is 0 Å². The number of rotatable bonds is 24. The second-order valence-electron chi connectivity index (χ2n) is 13.9. The summed E-state index contributed by atoms with van der Waals surface area (Å²) < 4.78 is 0. The van der Waals surface area contributed by atoms with Crippen molar-refractivity contribution >= 4 is 24.4 Å². The summed E-state index contributed by atoms with van der Waals surface area (Å²) in [5, 5.41) is 31.6. The zero-order chi connectivity index (χ0) is 38.4. The number of nitrogens with one attached hydrogen (secondary N) is 4. The summed E-state index contributed by atoms with van der Waals surface area (Å²) in [5.41, 5.74) is 2.47. The van der Waals surface area contributed by atoms with Gasteiger partial charge in [0.25, 0.3) is 0 Å². The number of hydrogen-bond donors (Lipinski definition) is 6. The van der Waals surface area contributed by atoms with E-state index in [1.54, 1.807) is 0 Å². The summed E-state index contributed by atoms with van der Waals surface area (Å²) in [4.78, 5) is 49.6. The van der Waals surface area contributed by atoms with Crippen LogP contribution in [0.25, 0.3) is 0 Å². The Morgan fingerprint density at radius 2 is 1.07 bits per heavy atom. The fraction of sp³-hybridized carbons (Fsp3) is 0.364. The number of carbonyl (C=O) groups is 4. The standard InChI is InChI=1S/C44H54N4O6/c49-33-39(30-35-21-11-6-12-22-35)45-28-18-4-2-1-3-17-27-38(29-34-19-9-5-10-20-34)44(48-43(53)54,32-37-25-15-8-16-26-37)47-40(41(50)46-42(51)52)31-36-23-13-7-14-24-36/h5-16,19-26,33,38-40,45,47-48H,1-4,17-18,27-32H2,(H,46,50)(H,51,52)(H,53,54)/t38-,39?,40-,44?/m0/s1. The predicted molar refractivity (Wildman–Crippen MR) is 211 cm³/mol. The molecule has 0 heterocycles. The van der Waals surface area contributed by atoms with Gasteiger partial charge in [0.15, 0.2) is 0 Å². The van der Waals surface area contributed by atoms with E-state index in [0.717, 1.165) is 73.6 Å². The van der Waals surface area contributed by atoms with E-state index < -0.39 is 29.8 Å². The van der Waals surface area contributed by atoms with Crippen LogP contribution in [0.4, 0.5) is 9.59 Å². The third-order valence-corrected chi connectivity index (χ3v) is 9.79. The maximum absolute atomic E-state index is 13.5. The van der Waals surface area contributed by atoms with Gasteiger partial charge < -0.3 is 25.6 Å². The van der Waals surface area contributed by atoms with Crippen LogP contribution in [-0.4, -0.2) is 58.9 Å². The Labute approximate surface area is 318 Å². The molecule has 0 radical (unpaired) electrons. The number of hydrogen-bond acceptors (Lipinski definition) is 6. The lowest BCUT2D eigenvalue weighted by atomic mass is 9.78. The number of aldehydes is 1. The SMILES string of the molecule is O=CC(Cc1ccccc1)NCCCCCCCC[C@@H](Cc1ccccc1)C(Cc1ccccc1)(NC(=O)O)N[C@@H](Cc1ccccc1)C(=O)NC(=O)O. The zero-order valence-corrected chi connectivity index (χ0v) is 30.9. The van der Waals surface area contributed by atoms with Crippen LogP contribution >= 0.6 is 0 Å². The predicted octanol–water partition coefficient (Wildman–Crippen LogP) is 7.18. The molecule has 286 valence electrons. The van der Waals surface area contributed by atoms with Crippen LogP contribution in [0.15, 0.2) is 121 Å². The van der Waals surface area contributed by atoms with E-state index in [2.05, 4.69) is 16.0 Å². The number of carbonyl (C=O) groups excluding carboxylic acids is 2. The molecule has 0 aliphatic carbocycles. The van der Waals surface area contributed by atoms with Crippen molar-refractivity contribution in [1.82, 2.24) is 21.3 Å². The Morgan fingerprint density at radius 1 is 0.593 bits per heavy atom. The van der Waals surface area contributed by atoms with E-state index in [-0.39, 0.29) is 24.8 Å². The molecule has 10 nitrogen and oxygen atoms in total. The van der Waals surface area contributed by atoms with Gasteiger partial charge in [-0.2, -0.15) is 0 Å². The summed E-state index contributed by atoms with van der Waals surface area (Å²) in [6.07, 6.45) is 6.24. The molecule has 0 bridgehead atoms. The van der Waals surface area contributed by atoms with Crippen molar-refractivity contribution in [2.24, 2.45) is 5.92 Å². The minimum absolute atomic E-state index is 0.143. The lowest BCUT2D eigenvalue weighted by Crippen LogP contribution is -2.69. The smallest absolute Gasteiger partial charge is 0.411 e. The van der Waals surface area contributed by atoms with Crippen molar-refractivity contribution in [2.75, 3.05) is 6.54 Å². The summed E-state index contributed by atoms with van der Waals surface area (Å²) in [6.45, 7) is 0.767. The molecule has 0 spiro atoms. The Hall–Kier alpha value is -5.32. The molecule has 4 aromatic carbocycles. The molecule has 3 amide bonds. The lowest BCUT2D eigenvalue weighted by molar-refractivity contribution is -0.123. The highest BCUT2D eigenvalue weighted by Gasteiger charge is 2.43. The van der Waals surface area contributed by atoms with Crippen LogP contribution in [0.5, 0.6) is 0 Å². The minimum atomic E-state index is -1.48. The third-order valence-electron chi connectivity index (χ3n) is 9.79. The monoisotopic (exact) mass is 734 g/mol. The molecule has 0 fully saturated rings. The average Bonchev–Trinajstić information content (AvgIpc) is 3.17. The molecule has 6 N–H and O–H groups in total. The second-order valence-corrected chi connectivity index (χ2v) is 13.9. The maximum Gasteiger partial charge on any atom is 0.411 e. The number of amides is 3. The van der Waals surface area contributed by atoms with Gasteiger partial charge in [0.05, 0.1) is 12.1 Å². The van der Waals surface area contributed by atoms with Gasteiger partial charge in [-0.1, -0.05) is 153 Å². The number of unbranched alkanes of at least 4 members (excludes halogenated alkanes) is 5. The van der Waals surface area contributed by atoms with Crippen molar-refractivity contribution in [3.63, 3.8) is 0 Å². The summed E-state index contributed by atoms with van der Waals surface area (Å²) in [5.74, 6) is -1.08. The van der Waals surface area contributed by atoms with Gasteiger partial charge in [-0.05, 0) is 66.8 Å². The van der Waals surface area contributed by atoms with E-state index in [1.807, 2.05) is 127 Å². The molecular formula is C44H54N4O6. The molecule has 0 aliphatic rings. The van der Waals surface area contributed by atoms with E-state index >= 15 is 0 Å². The first kappa shape index (κ1) is 41.4. The molecule has 4 atom stereocenters. The van der Waals surface area contributed by atoms with E-state index in [0.29, 0.717) is 19.3 Å². The molecule has 0 aliphatic heterocycles. The largest absolute Gasteiger partial charge is 0.465 e. The van der Waals surface area contributed by atoms with Crippen LogP contribution in [-0.2, 0) is 35.3 Å². The normalized spacial score (nSPS) is 13.9. The molecular weight excluding hydrogens is 681 g/mol. The van der Waals surface area contributed by atoms with Gasteiger partial charge in [0, 0.05) is 6.42 Å². The van der Waals surface area contributed by atoms with Crippen LogP contribution in [0.1, 0.15) is 67.2 Å². The number of carboxylic acid groups (broad SMARTS) is 2. The Bertz CT molecular complexity index is 1690. The summed E-state index contributed by atoms with van der Waals surface area (Å²) in [7, 11) is 0. The van der Waals surface area contributed by atoms with Crippen LogP contribution in [0.2, 0.25) is 0 Å². The van der Waals surface area contributed by atoms with Gasteiger partial charge >= 0.3 is 12.2 Å². The number of imide groups is 1. The highest BCUT2D eigenvalue weighted by atomic mass is 16.4. The molecule has 2 unspecified atom stereocenters. The maximum atomic E-state index is 13.5. The molecule has 0 aromatic heterocycles. The van der Waals surface area contributed by atoms with Crippen molar-refractivity contribution in [1.29, 1.82) is 0 Å². The second kappa shape index (κ2) is 22.7. The fourth-order valence-corrected chi connectivity index (χ4v) is 7.13. The van der Waals surface area contributed by atoms with Crippen LogP contribution in [0.3, 0.4) is 0 Å². The van der Waals surface area contributed by atoms with Gasteiger partial charge in [-0.15, -0.1) is 0 Å². The third kappa shape index (κ3) is 14.6. The lowest BCUT2D eigenvalue weighted by Gasteiger charge is -2.44. The van der Waals surface area contributed by atoms with E-state index in [1.165, 1.54) is 0 Å². The fourth-order valence-electron chi connectivity index (χ4n) is 7.13. The topological polar surface area (TPSA) is 157 Å². The van der Waals surface area contributed by atoms with Crippen molar-refractivity contribution in [2.45, 2.75) is 88.4 Å². The Kier molecular flexibility index (Phi) is 17.4. The first-order valence-corrected chi connectivity index (χ1v) is 18.9. The van der Waals surface area contributed by atoms with Crippen molar-refractivity contribution in [3.8, 4) is 0 Å². The van der Waals surface area contributed by atoms with Gasteiger partial charge in [-0.25, -0.2) is 9.59 Å². The molecule has 10 heteroatoms. The van der Waals surface area contributed by atoms with E-state index in [9.17, 15) is 29.4 Å². The quantitative estimate of drug-likeness (QED) is 0.0251.